The number of aliphatic hydroxyl groups is 2. The van der Waals surface area contributed by atoms with Gasteiger partial charge in [0.05, 0.1) is 36.7 Å². The van der Waals surface area contributed by atoms with E-state index in [0.29, 0.717) is 34.5 Å². The molecular weight excluding hydrogens is 761 g/mol. The Morgan fingerprint density at radius 3 is 1.81 bits per heavy atom. The van der Waals surface area contributed by atoms with E-state index >= 15 is 0 Å². The molecule has 0 atom stereocenters. The molecule has 2 amide bonds. The van der Waals surface area contributed by atoms with Crippen molar-refractivity contribution in [2.45, 2.75) is 0 Å². The van der Waals surface area contributed by atoms with Crippen LogP contribution in [0.2, 0.25) is 0 Å². The predicted molar refractivity (Wildman–Crippen MR) is 198 cm³/mol. The van der Waals surface area contributed by atoms with Crippen LogP contribution in [0.15, 0.2) is 9.98 Å². The van der Waals surface area contributed by atoms with E-state index in [1.807, 2.05) is 0 Å². The Morgan fingerprint density at radius 2 is 1.16 bits per heavy atom. The third-order valence-corrected chi connectivity index (χ3v) is 14.4. The molecule has 0 aromatic heterocycles. The maximum absolute atomic E-state index is 11.9. The maximum Gasteiger partial charge on any atom is 0.407 e. The highest BCUT2D eigenvalue weighted by Gasteiger charge is 2.02. The van der Waals surface area contributed by atoms with Gasteiger partial charge in [-0.15, -0.1) is 106 Å². The van der Waals surface area contributed by atoms with Gasteiger partial charge in [0.15, 0.2) is 0 Å². The number of nitrogens with one attached hydrogen (secondary N) is 2. The quantitative estimate of drug-likeness (QED) is 0.0175. The van der Waals surface area contributed by atoms with Crippen LogP contribution >= 0.6 is 118 Å². The zero-order valence-electron chi connectivity index (χ0n) is 23.2. The van der Waals surface area contributed by atoms with Crippen LogP contribution in [0.25, 0.3) is 0 Å². The summed E-state index contributed by atoms with van der Waals surface area (Å²) in [6.45, 7) is -0.159. The molecule has 4 N–H and O–H groups in total. The minimum atomic E-state index is -0.523. The fourth-order valence-electron chi connectivity index (χ4n) is 1.67. The summed E-state index contributed by atoms with van der Waals surface area (Å²) in [5.74, 6) is 2.59. The summed E-state index contributed by atoms with van der Waals surface area (Å²) in [5.41, 5.74) is 0. The van der Waals surface area contributed by atoms with Gasteiger partial charge < -0.3 is 35.4 Å². The second kappa shape index (κ2) is 39.2. The maximum atomic E-state index is 11.9. The van der Waals surface area contributed by atoms with Crippen molar-refractivity contribution in [2.24, 2.45) is 9.98 Å². The second-order valence-electron chi connectivity index (χ2n) is 6.40. The number of aliphatic hydroxyl groups excluding tert-OH is 2. The molecule has 0 radical (unpaired) electrons. The molecule has 0 aliphatic heterocycles. The van der Waals surface area contributed by atoms with Gasteiger partial charge in [0, 0.05) is 35.6 Å². The topological polar surface area (TPSA) is 170 Å². The molecule has 43 heavy (non-hydrogen) atoms. The predicted octanol–water partition coefficient (Wildman–Crippen LogP) is 5.18. The monoisotopic (exact) mass is 798 g/mol. The molecule has 0 spiro atoms. The van der Waals surface area contributed by atoms with Crippen LogP contribution in [0.3, 0.4) is 0 Å². The Balaban J connectivity index is 3.24. The van der Waals surface area contributed by atoms with Crippen molar-refractivity contribution in [1.29, 1.82) is 0 Å². The summed E-state index contributed by atoms with van der Waals surface area (Å²) in [4.78, 5) is 50.2. The highest BCUT2D eigenvalue weighted by molar-refractivity contribution is 8.29. The van der Waals surface area contributed by atoms with Crippen LogP contribution in [-0.4, -0.2) is 126 Å². The van der Waals surface area contributed by atoms with Gasteiger partial charge in [-0.2, -0.15) is 9.78 Å². The van der Waals surface area contributed by atoms with Crippen molar-refractivity contribution in [3.8, 4) is 0 Å². The van der Waals surface area contributed by atoms with E-state index in [2.05, 4.69) is 35.1 Å². The molecule has 0 aromatic rings. The first-order valence-electron chi connectivity index (χ1n) is 12.0. The molecule has 0 fully saturated rings. The van der Waals surface area contributed by atoms with Crippen molar-refractivity contribution in [3.63, 3.8) is 0 Å². The van der Waals surface area contributed by atoms with Crippen molar-refractivity contribution in [1.82, 2.24) is 10.6 Å². The second-order valence-corrected chi connectivity index (χ2v) is 18.7. The van der Waals surface area contributed by atoms with Gasteiger partial charge in [-0.3, -0.25) is 4.79 Å². The number of nitrogens with zero attached hydrogens (tertiary/aromatic N) is 2. The highest BCUT2D eigenvalue weighted by Crippen LogP contribution is 2.22. The summed E-state index contributed by atoms with van der Waals surface area (Å²) in [5, 5.41) is 28.5. The van der Waals surface area contributed by atoms with Gasteiger partial charge >= 0.3 is 6.09 Å². The fraction of sp³-hybridized carbons (Fsp3) is 0.800. The summed E-state index contributed by atoms with van der Waals surface area (Å²) in [7, 11) is 0. The molecule has 252 valence electrons. The number of ether oxygens (including phenoxy) is 1. The van der Waals surface area contributed by atoms with E-state index in [1.165, 1.54) is 24.6 Å². The van der Waals surface area contributed by atoms with Gasteiger partial charge in [0.1, 0.15) is 19.2 Å². The van der Waals surface area contributed by atoms with Crippen LogP contribution < -0.4 is 10.6 Å². The van der Waals surface area contributed by atoms with Crippen molar-refractivity contribution >= 4 is 142 Å². The number of carbonyl (C=O) groups excluding carboxylic acids is 2. The Hall–Kier alpha value is 1.02. The zero-order valence-corrected chi connectivity index (χ0v) is 31.4. The summed E-state index contributed by atoms with van der Waals surface area (Å²) in [6.07, 6.45) is 1.99. The lowest BCUT2D eigenvalue weighted by Crippen LogP contribution is -2.24. The van der Waals surface area contributed by atoms with Crippen LogP contribution in [0.5, 0.6) is 0 Å². The molecule has 0 saturated carbocycles. The standard InChI is InChI=1S/C20H38N4O9S10/c25-1-3-29-19(27)23-9-36-14-39-12-35-8-22-6-32-33-11-38-16-41-17-42-18-43-20(28)24-10-37-15-40-13-34-7-21-5-31-30-4-2-26/h5-6,25-26H,1-4,7-18H2,(H,23,27)(H,24,28)/b21-5+,22-6+. The van der Waals surface area contributed by atoms with Crippen LogP contribution in [0.1, 0.15) is 0 Å². The normalized spacial score (nSPS) is 11.3. The number of amides is 2. The Bertz CT molecular complexity index is 697. The first kappa shape index (κ1) is 44.0. The van der Waals surface area contributed by atoms with Gasteiger partial charge in [-0.1, -0.05) is 11.8 Å². The average Bonchev–Trinajstić information content (AvgIpc) is 3.01. The molecule has 0 saturated heterocycles. The van der Waals surface area contributed by atoms with Crippen molar-refractivity contribution < 1.29 is 44.1 Å². The number of hydrogen-bond acceptors (Lipinski definition) is 21. The first-order valence-corrected chi connectivity index (χ1v) is 23.3. The number of thioether (sulfide) groups is 10. The largest absolute Gasteiger partial charge is 0.447 e. The smallest absolute Gasteiger partial charge is 0.407 e. The first-order chi connectivity index (χ1) is 21.2. The van der Waals surface area contributed by atoms with Gasteiger partial charge in [-0.25, -0.2) is 14.8 Å². The Morgan fingerprint density at radius 1 is 0.628 bits per heavy atom. The third-order valence-electron chi connectivity index (χ3n) is 3.24. The number of rotatable bonds is 32. The lowest BCUT2D eigenvalue weighted by atomic mass is 10.8. The molecule has 13 nitrogen and oxygen atoms in total. The lowest BCUT2D eigenvalue weighted by molar-refractivity contribution is -0.221. The van der Waals surface area contributed by atoms with Crippen molar-refractivity contribution in [2.75, 3.05) is 91.5 Å². The lowest BCUT2D eigenvalue weighted by Gasteiger charge is -2.05. The number of alkyl carbamates (subject to hydrolysis) is 1. The number of aliphatic imine (C=N–C) groups is 2. The molecule has 23 heteroatoms. The van der Waals surface area contributed by atoms with Crippen LogP contribution in [0.4, 0.5) is 9.59 Å². The van der Waals surface area contributed by atoms with Crippen molar-refractivity contribution in [3.05, 3.63) is 0 Å². The summed E-state index contributed by atoms with van der Waals surface area (Å²) < 4.78 is 4.68. The molecule has 0 aliphatic rings. The minimum absolute atomic E-state index is 0.00167. The summed E-state index contributed by atoms with van der Waals surface area (Å²) in [6, 6.07) is 0. The van der Waals surface area contributed by atoms with E-state index in [9.17, 15) is 9.59 Å². The van der Waals surface area contributed by atoms with Gasteiger partial charge in [0.2, 0.25) is 12.8 Å². The van der Waals surface area contributed by atoms with E-state index in [4.69, 9.17) is 20.0 Å². The van der Waals surface area contributed by atoms with E-state index < -0.39 is 6.09 Å². The summed E-state index contributed by atoms with van der Waals surface area (Å²) >= 11 is 16.3. The Kier molecular flexibility index (Phi) is 40.1. The zero-order chi connectivity index (χ0) is 31.3. The molecule has 0 heterocycles. The van der Waals surface area contributed by atoms with Crippen LogP contribution in [-0.2, 0) is 24.3 Å². The van der Waals surface area contributed by atoms with Crippen LogP contribution in [0, 0.1) is 0 Å². The highest BCUT2D eigenvalue weighted by atomic mass is 32.3. The SMILES string of the molecule is O=C(NCSCSCSC/N=C/OOCSCSCSCSC(=O)NCSCSCSC/N=C/OOCCO)OCCO. The van der Waals surface area contributed by atoms with E-state index in [-0.39, 0.29) is 31.7 Å². The minimum Gasteiger partial charge on any atom is -0.447 e. The molecular formula is C20H38N4O9S10. The molecule has 0 rings (SSSR count). The molecule has 0 unspecified atom stereocenters. The molecule has 0 bridgehead atoms. The van der Waals surface area contributed by atoms with E-state index in [1.54, 1.807) is 106 Å². The van der Waals surface area contributed by atoms with Gasteiger partial charge in [-0.05, 0) is 0 Å². The molecule has 0 aromatic carbocycles. The molecule has 0 aliphatic carbocycles. The number of hydrogen-bond donors (Lipinski definition) is 4. The third kappa shape index (κ3) is 39.1. The Labute approximate surface area is 295 Å². The fourth-order valence-corrected chi connectivity index (χ4v) is 11.5. The van der Waals surface area contributed by atoms with Gasteiger partial charge in [0.25, 0.3) is 5.24 Å². The number of carbonyl (C=O) groups is 2. The van der Waals surface area contributed by atoms with E-state index in [0.717, 1.165) is 30.5 Å². The average molecular weight is 799 g/mol.